The van der Waals surface area contributed by atoms with Gasteiger partial charge in [0.25, 0.3) is 0 Å². The van der Waals surface area contributed by atoms with Gasteiger partial charge >= 0.3 is 6.09 Å². The van der Waals surface area contributed by atoms with E-state index in [0.717, 1.165) is 32.3 Å². The van der Waals surface area contributed by atoms with Crippen molar-refractivity contribution in [2.24, 2.45) is 0 Å². The Labute approximate surface area is 269 Å². The third-order valence-electron chi connectivity index (χ3n) is 6.65. The van der Waals surface area contributed by atoms with E-state index in [1.807, 2.05) is 97.3 Å². The lowest BCUT2D eigenvalue weighted by molar-refractivity contribution is -0.249. The van der Waals surface area contributed by atoms with Crippen molar-refractivity contribution >= 4 is 47.2 Å². The summed E-state index contributed by atoms with van der Waals surface area (Å²) < 4.78 is 7.74. The van der Waals surface area contributed by atoms with Gasteiger partial charge in [-0.3, -0.25) is 10.3 Å². The zero-order chi connectivity index (χ0) is 31.2. The molecule has 0 fully saturated rings. The Bertz CT molecular complexity index is 1740. The highest BCUT2D eigenvalue weighted by Crippen LogP contribution is 2.40. The van der Waals surface area contributed by atoms with E-state index in [1.54, 1.807) is 23.8 Å². The van der Waals surface area contributed by atoms with Crippen molar-refractivity contribution in [1.82, 2.24) is 19.9 Å². The highest BCUT2D eigenvalue weighted by Gasteiger charge is 2.30. The molecule has 1 atom stereocenters. The highest BCUT2D eigenvalue weighted by atomic mass is 35.5. The van der Waals surface area contributed by atoms with Crippen LogP contribution in [0.25, 0.3) is 11.1 Å². The first-order valence-corrected chi connectivity index (χ1v) is 15.2. The SMILES string of the molecule is CC(C)c1nc(C(OC(=O)NC(=O)[O-])c2ccc(-c3ccccc3)cc2)n(Cc2ccncc2)c1Sc1cc(Cl)cc(Cl)c1. The lowest BCUT2D eigenvalue weighted by Gasteiger charge is -2.21. The molecule has 0 aliphatic rings. The Kier molecular flexibility index (Phi) is 9.89. The normalized spacial score (nSPS) is 11.8. The number of aromatic nitrogens is 3. The molecule has 2 aromatic heterocycles. The molecule has 2 amide bonds. The maximum absolute atomic E-state index is 12.7. The molecule has 0 bridgehead atoms. The molecule has 0 spiro atoms. The van der Waals surface area contributed by atoms with Crippen molar-refractivity contribution in [3.05, 3.63) is 130 Å². The first-order chi connectivity index (χ1) is 21.2. The lowest BCUT2D eigenvalue weighted by atomic mass is 10.0. The monoisotopic (exact) mass is 645 g/mol. The van der Waals surface area contributed by atoms with Crippen molar-refractivity contribution in [1.29, 1.82) is 0 Å². The number of nitrogens with one attached hydrogen (secondary N) is 1. The van der Waals surface area contributed by atoms with Gasteiger partial charge in [-0.1, -0.05) is 103 Å². The van der Waals surface area contributed by atoms with Gasteiger partial charge in [-0.15, -0.1) is 0 Å². The summed E-state index contributed by atoms with van der Waals surface area (Å²) >= 11 is 14.1. The minimum absolute atomic E-state index is 0.0252. The predicted octanol–water partition coefficient (Wildman–Crippen LogP) is 7.73. The fraction of sp³-hybridized carbons (Fsp3) is 0.152. The number of alkyl carbamates (subject to hydrolysis) is 1. The van der Waals surface area contributed by atoms with Gasteiger partial charge in [-0.25, -0.2) is 9.78 Å². The maximum Gasteiger partial charge on any atom is 0.413 e. The number of imide groups is 1. The first-order valence-electron chi connectivity index (χ1n) is 13.6. The number of carbonyl (C=O) groups excluding carboxylic acids is 2. The molecule has 0 saturated heterocycles. The second-order valence-electron chi connectivity index (χ2n) is 10.1. The molecule has 8 nitrogen and oxygen atoms in total. The van der Waals surface area contributed by atoms with Crippen LogP contribution in [-0.4, -0.2) is 26.7 Å². The Balaban J connectivity index is 1.67. The van der Waals surface area contributed by atoms with Gasteiger partial charge in [0.15, 0.2) is 11.9 Å². The summed E-state index contributed by atoms with van der Waals surface area (Å²) in [5.74, 6) is 0.379. The number of pyridine rings is 1. The number of hydrogen-bond donors (Lipinski definition) is 1. The fourth-order valence-corrected chi connectivity index (χ4v) is 6.56. The molecular formula is C33H27Cl2N4O4S-. The van der Waals surface area contributed by atoms with E-state index in [-0.39, 0.29) is 5.92 Å². The lowest BCUT2D eigenvalue weighted by Crippen LogP contribution is -2.41. The Morgan fingerprint density at radius 3 is 2.18 bits per heavy atom. The van der Waals surface area contributed by atoms with Crippen LogP contribution in [0.15, 0.2) is 107 Å². The molecule has 11 heteroatoms. The van der Waals surface area contributed by atoms with Gasteiger partial charge in [0.05, 0.1) is 12.2 Å². The van der Waals surface area contributed by atoms with Gasteiger partial charge in [-0.05, 0) is 52.9 Å². The zero-order valence-corrected chi connectivity index (χ0v) is 26.1. The summed E-state index contributed by atoms with van der Waals surface area (Å²) in [6, 6.07) is 26.4. The average molecular weight is 647 g/mol. The molecule has 5 rings (SSSR count). The number of hydrogen-bond acceptors (Lipinski definition) is 7. The quantitative estimate of drug-likeness (QED) is 0.175. The van der Waals surface area contributed by atoms with Crippen LogP contribution in [0.4, 0.5) is 9.59 Å². The van der Waals surface area contributed by atoms with Gasteiger partial charge < -0.3 is 19.2 Å². The van der Waals surface area contributed by atoms with Crippen LogP contribution in [-0.2, 0) is 11.3 Å². The second-order valence-corrected chi connectivity index (χ2v) is 12.1. The second kappa shape index (κ2) is 14.0. The number of carbonyl (C=O) groups is 2. The van der Waals surface area contributed by atoms with Crippen molar-refractivity contribution in [3.8, 4) is 11.1 Å². The van der Waals surface area contributed by atoms with E-state index in [4.69, 9.17) is 32.9 Å². The van der Waals surface area contributed by atoms with E-state index >= 15 is 0 Å². The van der Waals surface area contributed by atoms with Crippen LogP contribution in [0.5, 0.6) is 0 Å². The van der Waals surface area contributed by atoms with Gasteiger partial charge in [0, 0.05) is 32.9 Å². The van der Waals surface area contributed by atoms with Gasteiger partial charge in [0.1, 0.15) is 11.1 Å². The molecule has 1 unspecified atom stereocenters. The van der Waals surface area contributed by atoms with Crippen molar-refractivity contribution in [3.63, 3.8) is 0 Å². The third-order valence-corrected chi connectivity index (χ3v) is 8.18. The number of rotatable bonds is 9. The Morgan fingerprint density at radius 1 is 0.932 bits per heavy atom. The molecule has 1 N–H and O–H groups in total. The topological polar surface area (TPSA) is 109 Å². The Morgan fingerprint density at radius 2 is 1.57 bits per heavy atom. The highest BCUT2D eigenvalue weighted by molar-refractivity contribution is 7.99. The van der Waals surface area contributed by atoms with Gasteiger partial charge in [-0.2, -0.15) is 0 Å². The van der Waals surface area contributed by atoms with Crippen LogP contribution in [0, 0.1) is 0 Å². The molecular weight excluding hydrogens is 619 g/mol. The Hall–Kier alpha value is -4.31. The predicted molar refractivity (Wildman–Crippen MR) is 169 cm³/mol. The molecule has 0 radical (unpaired) electrons. The third kappa shape index (κ3) is 7.60. The van der Waals surface area contributed by atoms with E-state index in [2.05, 4.69) is 4.98 Å². The van der Waals surface area contributed by atoms with E-state index in [1.165, 1.54) is 11.8 Å². The van der Waals surface area contributed by atoms with E-state index in [0.29, 0.717) is 28.0 Å². The summed E-state index contributed by atoms with van der Waals surface area (Å²) in [6.45, 7) is 4.40. The minimum atomic E-state index is -1.77. The number of carboxylic acid groups (broad SMARTS) is 1. The molecule has 0 aliphatic carbocycles. The maximum atomic E-state index is 12.7. The molecule has 224 valence electrons. The summed E-state index contributed by atoms with van der Waals surface area (Å²) in [5.41, 5.74) is 4.26. The summed E-state index contributed by atoms with van der Waals surface area (Å²) in [5, 5.41) is 14.7. The summed E-state index contributed by atoms with van der Waals surface area (Å²) in [4.78, 5) is 33.9. The number of ether oxygens (including phenoxy) is 1. The zero-order valence-electron chi connectivity index (χ0n) is 23.7. The van der Waals surface area contributed by atoms with Crippen molar-refractivity contribution in [2.75, 3.05) is 0 Å². The van der Waals surface area contributed by atoms with Crippen LogP contribution >= 0.6 is 35.0 Å². The molecule has 0 saturated carbocycles. The molecule has 5 aromatic rings. The number of imidazole rings is 1. The standard InChI is InChI=1S/C33H28Cl2N4O4S/c1-20(2)28-31(44-27-17-25(34)16-26(35)18-27)39(19-21-12-14-36-15-13-21)30(37-28)29(43-33(42)38-32(40)41)24-10-8-23(9-11-24)22-6-4-3-5-7-22/h3-18,20,29H,19H2,1-2H3,(H,38,42)(H,40,41)/p-1. The van der Waals surface area contributed by atoms with Gasteiger partial charge in [0.2, 0.25) is 0 Å². The van der Waals surface area contributed by atoms with Crippen LogP contribution in [0.2, 0.25) is 10.0 Å². The molecule has 2 heterocycles. The largest absolute Gasteiger partial charge is 0.530 e. The fourth-order valence-electron chi connectivity index (χ4n) is 4.65. The first kappa shape index (κ1) is 31.1. The molecule has 3 aromatic carbocycles. The molecule has 0 aliphatic heterocycles. The number of benzene rings is 3. The van der Waals surface area contributed by atoms with E-state index in [9.17, 15) is 14.7 Å². The number of halogens is 2. The summed E-state index contributed by atoms with van der Waals surface area (Å²) in [7, 11) is 0. The van der Waals surface area contributed by atoms with Crippen LogP contribution < -0.4 is 10.4 Å². The van der Waals surface area contributed by atoms with Crippen molar-refractivity contribution < 1.29 is 19.4 Å². The van der Waals surface area contributed by atoms with Crippen LogP contribution in [0.3, 0.4) is 0 Å². The average Bonchev–Trinajstić information content (AvgIpc) is 3.33. The number of amides is 2. The van der Waals surface area contributed by atoms with E-state index < -0.39 is 18.3 Å². The summed E-state index contributed by atoms with van der Waals surface area (Å²) in [6.07, 6.45) is -0.631. The minimum Gasteiger partial charge on any atom is -0.530 e. The smallest absolute Gasteiger partial charge is 0.413 e. The van der Waals surface area contributed by atoms with Crippen molar-refractivity contribution in [2.45, 2.75) is 42.3 Å². The van der Waals surface area contributed by atoms with Crippen LogP contribution in [0.1, 0.15) is 48.5 Å². The molecule has 44 heavy (non-hydrogen) atoms. The number of nitrogens with zero attached hydrogens (tertiary/aromatic N) is 3.